The Kier molecular flexibility index (Phi) is 4.03. The first-order valence-electron chi connectivity index (χ1n) is 8.13. The van der Waals surface area contributed by atoms with Crippen LogP contribution in [0.4, 0.5) is 0 Å². The molecule has 21 heavy (non-hydrogen) atoms. The van der Waals surface area contributed by atoms with Crippen LogP contribution in [-0.4, -0.2) is 35.1 Å². The second-order valence-corrected chi connectivity index (χ2v) is 6.83. The van der Waals surface area contributed by atoms with Crippen LogP contribution in [0.1, 0.15) is 56.1 Å². The molecule has 1 aromatic rings. The van der Waals surface area contributed by atoms with Gasteiger partial charge in [-0.25, -0.2) is 0 Å². The third kappa shape index (κ3) is 3.13. The van der Waals surface area contributed by atoms with Gasteiger partial charge >= 0.3 is 0 Å². The van der Waals surface area contributed by atoms with E-state index in [1.165, 1.54) is 11.1 Å². The number of rotatable bonds is 3. The van der Waals surface area contributed by atoms with Crippen LogP contribution >= 0.6 is 0 Å². The SMILES string of the molecule is CC(C)c1ccc(C2CC2C(=O)N2CCC(O)CC2)cc1. The first kappa shape index (κ1) is 14.6. The molecule has 1 N–H and O–H groups in total. The molecule has 1 aliphatic carbocycles. The molecule has 2 atom stereocenters. The summed E-state index contributed by atoms with van der Waals surface area (Å²) in [6, 6.07) is 8.76. The largest absolute Gasteiger partial charge is 0.393 e. The fraction of sp³-hybridized carbons (Fsp3) is 0.611. The lowest BCUT2D eigenvalue weighted by Crippen LogP contribution is -2.41. The van der Waals surface area contributed by atoms with Gasteiger partial charge in [0.25, 0.3) is 0 Å². The zero-order chi connectivity index (χ0) is 15.0. The van der Waals surface area contributed by atoms with Crippen LogP contribution in [-0.2, 0) is 4.79 Å². The van der Waals surface area contributed by atoms with Crippen molar-refractivity contribution in [2.75, 3.05) is 13.1 Å². The number of likely N-dealkylation sites (tertiary alicyclic amines) is 1. The molecule has 2 fully saturated rings. The van der Waals surface area contributed by atoms with Gasteiger partial charge in [-0.05, 0) is 42.2 Å². The quantitative estimate of drug-likeness (QED) is 0.928. The molecule has 1 aromatic carbocycles. The molecule has 0 aromatic heterocycles. The molecular weight excluding hydrogens is 262 g/mol. The molecule has 0 radical (unpaired) electrons. The van der Waals surface area contributed by atoms with E-state index in [0.717, 1.165) is 32.4 Å². The lowest BCUT2D eigenvalue weighted by molar-refractivity contribution is -0.134. The molecule has 1 saturated carbocycles. The van der Waals surface area contributed by atoms with E-state index in [1.807, 2.05) is 4.90 Å². The molecule has 1 aliphatic heterocycles. The molecule has 3 nitrogen and oxygen atoms in total. The number of hydrogen-bond donors (Lipinski definition) is 1. The molecule has 2 unspecified atom stereocenters. The zero-order valence-electron chi connectivity index (χ0n) is 13.0. The maximum absolute atomic E-state index is 12.5. The number of hydrogen-bond acceptors (Lipinski definition) is 2. The van der Waals surface area contributed by atoms with Crippen molar-refractivity contribution in [3.63, 3.8) is 0 Å². The van der Waals surface area contributed by atoms with E-state index in [9.17, 15) is 9.90 Å². The average Bonchev–Trinajstić information content (AvgIpc) is 3.28. The second-order valence-electron chi connectivity index (χ2n) is 6.83. The van der Waals surface area contributed by atoms with Gasteiger partial charge in [-0.15, -0.1) is 0 Å². The van der Waals surface area contributed by atoms with Crippen LogP contribution in [0, 0.1) is 5.92 Å². The number of carbonyl (C=O) groups is 1. The first-order valence-corrected chi connectivity index (χ1v) is 8.13. The minimum Gasteiger partial charge on any atom is -0.393 e. The van der Waals surface area contributed by atoms with Gasteiger partial charge in [0.1, 0.15) is 0 Å². The van der Waals surface area contributed by atoms with Crippen molar-refractivity contribution in [2.45, 2.75) is 51.0 Å². The highest BCUT2D eigenvalue weighted by Gasteiger charge is 2.46. The standard InChI is InChI=1S/C18H25NO2/c1-12(2)13-3-5-14(6-4-13)16-11-17(16)18(21)19-9-7-15(20)8-10-19/h3-6,12,15-17,20H,7-11H2,1-2H3. The zero-order valence-corrected chi connectivity index (χ0v) is 13.0. The summed E-state index contributed by atoms with van der Waals surface area (Å²) in [6.07, 6.45) is 2.23. The fourth-order valence-corrected chi connectivity index (χ4v) is 3.29. The van der Waals surface area contributed by atoms with Gasteiger partial charge in [0, 0.05) is 19.0 Å². The Bertz CT molecular complexity index is 500. The molecule has 1 saturated heterocycles. The van der Waals surface area contributed by atoms with Gasteiger partial charge in [0.15, 0.2) is 0 Å². The topological polar surface area (TPSA) is 40.5 Å². The normalized spacial score (nSPS) is 26.2. The van der Waals surface area contributed by atoms with Crippen molar-refractivity contribution in [3.05, 3.63) is 35.4 Å². The van der Waals surface area contributed by atoms with Crippen molar-refractivity contribution in [3.8, 4) is 0 Å². The van der Waals surface area contributed by atoms with Crippen LogP contribution in [0.2, 0.25) is 0 Å². The summed E-state index contributed by atoms with van der Waals surface area (Å²) >= 11 is 0. The van der Waals surface area contributed by atoms with Gasteiger partial charge in [-0.2, -0.15) is 0 Å². The van der Waals surface area contributed by atoms with E-state index in [1.54, 1.807) is 0 Å². The average molecular weight is 287 g/mol. The maximum atomic E-state index is 12.5. The molecule has 1 heterocycles. The van der Waals surface area contributed by atoms with Gasteiger partial charge in [0.05, 0.1) is 6.10 Å². The molecular formula is C18H25NO2. The summed E-state index contributed by atoms with van der Waals surface area (Å²) in [7, 11) is 0. The number of carbonyl (C=O) groups excluding carboxylic acids is 1. The maximum Gasteiger partial charge on any atom is 0.226 e. The Morgan fingerprint density at radius 2 is 1.81 bits per heavy atom. The molecule has 1 amide bonds. The van der Waals surface area contributed by atoms with E-state index < -0.39 is 0 Å². The molecule has 0 bridgehead atoms. The van der Waals surface area contributed by atoms with Crippen LogP contribution < -0.4 is 0 Å². The van der Waals surface area contributed by atoms with Gasteiger partial charge in [-0.3, -0.25) is 4.79 Å². The van der Waals surface area contributed by atoms with Gasteiger partial charge < -0.3 is 10.0 Å². The summed E-state index contributed by atoms with van der Waals surface area (Å²) in [4.78, 5) is 14.4. The molecule has 0 spiro atoms. The minimum absolute atomic E-state index is 0.171. The molecule has 3 heteroatoms. The summed E-state index contributed by atoms with van der Waals surface area (Å²) in [5.74, 6) is 1.42. The fourth-order valence-electron chi connectivity index (χ4n) is 3.29. The minimum atomic E-state index is -0.215. The lowest BCUT2D eigenvalue weighted by atomic mass is 9.99. The number of piperidine rings is 1. The molecule has 3 rings (SSSR count). The van der Waals surface area contributed by atoms with Crippen LogP contribution in [0.25, 0.3) is 0 Å². The number of aliphatic hydroxyl groups excluding tert-OH is 1. The summed E-state index contributed by atoms with van der Waals surface area (Å²) in [6.45, 7) is 5.83. The highest BCUT2D eigenvalue weighted by molar-refractivity contribution is 5.83. The van der Waals surface area contributed by atoms with Crippen molar-refractivity contribution in [2.24, 2.45) is 5.92 Å². The van der Waals surface area contributed by atoms with E-state index in [2.05, 4.69) is 38.1 Å². The molecule has 114 valence electrons. The highest BCUT2D eigenvalue weighted by Crippen LogP contribution is 2.48. The smallest absolute Gasteiger partial charge is 0.226 e. The van der Waals surface area contributed by atoms with E-state index in [0.29, 0.717) is 17.7 Å². The van der Waals surface area contributed by atoms with Crippen molar-refractivity contribution < 1.29 is 9.90 Å². The van der Waals surface area contributed by atoms with Crippen LogP contribution in [0.15, 0.2) is 24.3 Å². The Hall–Kier alpha value is -1.35. The predicted octanol–water partition coefficient (Wildman–Crippen LogP) is 2.90. The number of aliphatic hydroxyl groups is 1. The van der Waals surface area contributed by atoms with E-state index >= 15 is 0 Å². The van der Waals surface area contributed by atoms with Gasteiger partial charge in [-0.1, -0.05) is 38.1 Å². The monoisotopic (exact) mass is 287 g/mol. The summed E-state index contributed by atoms with van der Waals surface area (Å²) < 4.78 is 0. The summed E-state index contributed by atoms with van der Waals surface area (Å²) in [5.41, 5.74) is 2.65. The highest BCUT2D eigenvalue weighted by atomic mass is 16.3. The number of benzene rings is 1. The van der Waals surface area contributed by atoms with Crippen molar-refractivity contribution in [1.29, 1.82) is 0 Å². The lowest BCUT2D eigenvalue weighted by Gasteiger charge is -2.29. The third-order valence-corrected chi connectivity index (χ3v) is 4.92. The second kappa shape index (κ2) is 5.80. The van der Waals surface area contributed by atoms with Crippen LogP contribution in [0.3, 0.4) is 0 Å². The Morgan fingerprint density at radius 1 is 1.19 bits per heavy atom. The van der Waals surface area contributed by atoms with Crippen molar-refractivity contribution in [1.82, 2.24) is 4.90 Å². The Labute approximate surface area is 127 Å². The Balaban J connectivity index is 1.59. The first-order chi connectivity index (χ1) is 10.1. The van der Waals surface area contributed by atoms with E-state index in [4.69, 9.17) is 0 Å². The number of nitrogens with zero attached hydrogens (tertiary/aromatic N) is 1. The molecule has 2 aliphatic rings. The Morgan fingerprint density at radius 3 is 2.38 bits per heavy atom. The third-order valence-electron chi connectivity index (χ3n) is 4.92. The van der Waals surface area contributed by atoms with Gasteiger partial charge in [0.2, 0.25) is 5.91 Å². The van der Waals surface area contributed by atoms with E-state index in [-0.39, 0.29) is 12.0 Å². The van der Waals surface area contributed by atoms with Crippen molar-refractivity contribution >= 4 is 5.91 Å². The predicted molar refractivity (Wildman–Crippen MR) is 83.2 cm³/mol. The number of amides is 1. The van der Waals surface area contributed by atoms with Crippen LogP contribution in [0.5, 0.6) is 0 Å². The summed E-state index contributed by atoms with van der Waals surface area (Å²) in [5, 5.41) is 9.53.